The molecule has 1 aliphatic rings. The highest BCUT2D eigenvalue weighted by Gasteiger charge is 2.20. The fraction of sp³-hybridized carbons (Fsp3) is 0.625. The fourth-order valence-electron chi connectivity index (χ4n) is 2.75. The van der Waals surface area contributed by atoms with E-state index in [0.29, 0.717) is 17.7 Å². The fourth-order valence-corrected chi connectivity index (χ4v) is 3.04. The van der Waals surface area contributed by atoms with Crippen LogP contribution >= 0.6 is 11.6 Å². The molecule has 2 rings (SSSR count). The van der Waals surface area contributed by atoms with E-state index in [0.717, 1.165) is 23.8 Å². The van der Waals surface area contributed by atoms with Crippen molar-refractivity contribution in [2.24, 2.45) is 5.92 Å². The largest absolute Gasteiger partial charge is 0.491 e. The van der Waals surface area contributed by atoms with E-state index in [9.17, 15) is 0 Å². The van der Waals surface area contributed by atoms with Crippen LogP contribution < -0.4 is 10.1 Å². The number of benzene rings is 1. The summed E-state index contributed by atoms with van der Waals surface area (Å²) in [5.41, 5.74) is 1.16. The van der Waals surface area contributed by atoms with Gasteiger partial charge in [0.05, 0.1) is 5.02 Å². The lowest BCUT2D eigenvalue weighted by Crippen LogP contribution is -2.39. The summed E-state index contributed by atoms with van der Waals surface area (Å²) in [5, 5.41) is 4.30. The molecule has 0 saturated heterocycles. The molecular formula is C16H24ClNO. The van der Waals surface area contributed by atoms with Crippen LogP contribution in [0.1, 0.15) is 38.2 Å². The van der Waals surface area contributed by atoms with Gasteiger partial charge in [-0.25, -0.2) is 0 Å². The third-order valence-corrected chi connectivity index (χ3v) is 4.26. The lowest BCUT2D eigenvalue weighted by molar-refractivity contribution is 0.251. The second-order valence-corrected chi connectivity index (χ2v) is 6.01. The standard InChI is InChI=1S/C16H24ClNO/c1-12-7-8-16(14(17)11-12)19-10-9-18-15-6-4-3-5-13(15)2/h7-8,11,13,15,18H,3-6,9-10H2,1-2H3. The Morgan fingerprint density at radius 1 is 1.32 bits per heavy atom. The summed E-state index contributed by atoms with van der Waals surface area (Å²) in [5.74, 6) is 1.57. The smallest absolute Gasteiger partial charge is 0.137 e. The van der Waals surface area contributed by atoms with E-state index in [2.05, 4.69) is 12.2 Å². The molecule has 0 bridgehead atoms. The number of halogens is 1. The van der Waals surface area contributed by atoms with Gasteiger partial charge >= 0.3 is 0 Å². The number of ether oxygens (including phenoxy) is 1. The Balaban J connectivity index is 1.71. The molecule has 0 aliphatic heterocycles. The second-order valence-electron chi connectivity index (χ2n) is 5.60. The SMILES string of the molecule is Cc1ccc(OCCNC2CCCCC2C)c(Cl)c1. The molecule has 3 heteroatoms. The molecule has 19 heavy (non-hydrogen) atoms. The first-order chi connectivity index (χ1) is 9.16. The zero-order chi connectivity index (χ0) is 13.7. The molecule has 2 unspecified atom stereocenters. The van der Waals surface area contributed by atoms with Gasteiger partial charge in [0.2, 0.25) is 0 Å². The molecule has 1 fully saturated rings. The maximum atomic E-state index is 6.13. The zero-order valence-corrected chi connectivity index (χ0v) is 12.7. The van der Waals surface area contributed by atoms with Gasteiger partial charge < -0.3 is 10.1 Å². The summed E-state index contributed by atoms with van der Waals surface area (Å²) in [6.07, 6.45) is 5.39. The first kappa shape index (κ1) is 14.7. The van der Waals surface area contributed by atoms with Gasteiger partial charge in [0.25, 0.3) is 0 Å². The lowest BCUT2D eigenvalue weighted by Gasteiger charge is -2.29. The molecule has 2 atom stereocenters. The van der Waals surface area contributed by atoms with Crippen LogP contribution in [0.25, 0.3) is 0 Å². The van der Waals surface area contributed by atoms with Crippen LogP contribution in [0, 0.1) is 12.8 Å². The summed E-state index contributed by atoms with van der Waals surface area (Å²) in [4.78, 5) is 0. The molecule has 2 nitrogen and oxygen atoms in total. The first-order valence-electron chi connectivity index (χ1n) is 7.29. The van der Waals surface area contributed by atoms with Crippen LogP contribution in [-0.4, -0.2) is 19.2 Å². The van der Waals surface area contributed by atoms with E-state index >= 15 is 0 Å². The normalized spacial score (nSPS) is 23.3. The molecule has 1 aromatic carbocycles. The van der Waals surface area contributed by atoms with Gasteiger partial charge in [0, 0.05) is 12.6 Å². The average Bonchev–Trinajstić information content (AvgIpc) is 2.38. The van der Waals surface area contributed by atoms with Gasteiger partial charge in [-0.15, -0.1) is 0 Å². The Kier molecular flexibility index (Phi) is 5.53. The van der Waals surface area contributed by atoms with Crippen molar-refractivity contribution < 1.29 is 4.74 Å². The molecule has 1 aliphatic carbocycles. The lowest BCUT2D eigenvalue weighted by atomic mass is 9.86. The van der Waals surface area contributed by atoms with Gasteiger partial charge in [0.1, 0.15) is 12.4 Å². The zero-order valence-electron chi connectivity index (χ0n) is 11.9. The Hall–Kier alpha value is -0.730. The summed E-state index contributed by atoms with van der Waals surface area (Å²) in [7, 11) is 0. The molecule has 0 heterocycles. The number of rotatable bonds is 5. The Morgan fingerprint density at radius 3 is 2.84 bits per heavy atom. The van der Waals surface area contributed by atoms with Crippen LogP contribution in [0.3, 0.4) is 0 Å². The van der Waals surface area contributed by atoms with Crippen LogP contribution in [0.5, 0.6) is 5.75 Å². The Labute approximate surface area is 121 Å². The number of hydrogen-bond acceptors (Lipinski definition) is 2. The third kappa shape index (κ3) is 4.39. The Bertz CT molecular complexity index is 408. The first-order valence-corrected chi connectivity index (χ1v) is 7.67. The van der Waals surface area contributed by atoms with Crippen molar-refractivity contribution in [3.63, 3.8) is 0 Å². The number of nitrogens with one attached hydrogen (secondary N) is 1. The van der Waals surface area contributed by atoms with Gasteiger partial charge in [0.15, 0.2) is 0 Å². The van der Waals surface area contributed by atoms with Crippen LogP contribution in [0.2, 0.25) is 5.02 Å². The highest BCUT2D eigenvalue weighted by Crippen LogP contribution is 2.25. The van der Waals surface area contributed by atoms with Gasteiger partial charge in [-0.1, -0.05) is 37.4 Å². The molecule has 1 N–H and O–H groups in total. The number of aryl methyl sites for hydroxylation is 1. The molecular weight excluding hydrogens is 258 g/mol. The summed E-state index contributed by atoms with van der Waals surface area (Å²) in [6, 6.07) is 6.57. The minimum atomic E-state index is 0.658. The summed E-state index contributed by atoms with van der Waals surface area (Å²) >= 11 is 6.13. The highest BCUT2D eigenvalue weighted by atomic mass is 35.5. The minimum absolute atomic E-state index is 0.658. The summed E-state index contributed by atoms with van der Waals surface area (Å²) in [6.45, 7) is 5.93. The van der Waals surface area contributed by atoms with Crippen molar-refractivity contribution in [3.05, 3.63) is 28.8 Å². The maximum Gasteiger partial charge on any atom is 0.137 e. The molecule has 0 aromatic heterocycles. The van der Waals surface area contributed by atoms with Crippen molar-refractivity contribution >= 4 is 11.6 Å². The molecule has 0 spiro atoms. The van der Waals surface area contributed by atoms with Gasteiger partial charge in [-0.2, -0.15) is 0 Å². The van der Waals surface area contributed by atoms with Crippen molar-refractivity contribution in [1.29, 1.82) is 0 Å². The van der Waals surface area contributed by atoms with Gasteiger partial charge in [-0.05, 0) is 43.4 Å². The number of hydrogen-bond donors (Lipinski definition) is 1. The maximum absolute atomic E-state index is 6.13. The van der Waals surface area contributed by atoms with E-state index in [4.69, 9.17) is 16.3 Å². The van der Waals surface area contributed by atoms with Crippen molar-refractivity contribution in [3.8, 4) is 5.75 Å². The topological polar surface area (TPSA) is 21.3 Å². The second kappa shape index (κ2) is 7.16. The van der Waals surface area contributed by atoms with Crippen LogP contribution in [0.15, 0.2) is 18.2 Å². The van der Waals surface area contributed by atoms with Crippen LogP contribution in [-0.2, 0) is 0 Å². The van der Waals surface area contributed by atoms with Gasteiger partial charge in [-0.3, -0.25) is 0 Å². The molecule has 1 saturated carbocycles. The predicted octanol–water partition coefficient (Wildman–Crippen LogP) is 4.20. The Morgan fingerprint density at radius 2 is 2.11 bits per heavy atom. The van der Waals surface area contributed by atoms with E-state index < -0.39 is 0 Å². The van der Waals surface area contributed by atoms with E-state index in [-0.39, 0.29) is 0 Å². The highest BCUT2D eigenvalue weighted by molar-refractivity contribution is 6.32. The van der Waals surface area contributed by atoms with E-state index in [1.165, 1.54) is 25.7 Å². The predicted molar refractivity (Wildman–Crippen MR) is 81.1 cm³/mol. The van der Waals surface area contributed by atoms with E-state index in [1.807, 2.05) is 25.1 Å². The van der Waals surface area contributed by atoms with Crippen molar-refractivity contribution in [2.75, 3.05) is 13.2 Å². The monoisotopic (exact) mass is 281 g/mol. The van der Waals surface area contributed by atoms with E-state index in [1.54, 1.807) is 0 Å². The average molecular weight is 282 g/mol. The molecule has 1 aromatic rings. The van der Waals surface area contributed by atoms with Crippen molar-refractivity contribution in [1.82, 2.24) is 5.32 Å². The third-order valence-electron chi connectivity index (χ3n) is 3.97. The van der Waals surface area contributed by atoms with Crippen LogP contribution in [0.4, 0.5) is 0 Å². The van der Waals surface area contributed by atoms with Crippen molar-refractivity contribution in [2.45, 2.75) is 45.6 Å². The molecule has 106 valence electrons. The molecule has 0 radical (unpaired) electrons. The minimum Gasteiger partial charge on any atom is -0.491 e. The molecule has 0 amide bonds. The summed E-state index contributed by atoms with van der Waals surface area (Å²) < 4.78 is 5.72. The quantitative estimate of drug-likeness (QED) is 0.817.